The maximum absolute atomic E-state index is 11.6. The average Bonchev–Trinajstić information content (AvgIpc) is 2.36. The molecule has 0 fully saturated rings. The Morgan fingerprint density at radius 2 is 2.17 bits per heavy atom. The maximum atomic E-state index is 11.6. The van der Waals surface area contributed by atoms with Gasteiger partial charge in [-0.1, -0.05) is 0 Å². The number of rotatable bonds is 6. The summed E-state index contributed by atoms with van der Waals surface area (Å²) in [7, 11) is 3.39. The lowest BCUT2D eigenvalue weighted by Crippen LogP contribution is -2.23. The van der Waals surface area contributed by atoms with Crippen LogP contribution in [-0.4, -0.2) is 53.2 Å². The summed E-state index contributed by atoms with van der Waals surface area (Å²) in [4.78, 5) is 13.1. The molecule has 1 N–H and O–H groups in total. The number of hydrogen-bond donors (Lipinski definition) is 1. The molecule has 1 heterocycles. The van der Waals surface area contributed by atoms with Crippen LogP contribution < -0.4 is 5.32 Å². The number of nitrogens with one attached hydrogen (secondary N) is 1. The molecular weight excluding hydrogens is 248 g/mol. The Morgan fingerprint density at radius 1 is 1.44 bits per heavy atom. The van der Waals surface area contributed by atoms with Crippen LogP contribution in [0.5, 0.6) is 0 Å². The molecule has 5 nitrogen and oxygen atoms in total. The normalized spacial score (nSPS) is 12.0. The number of aromatic nitrogens is 2. The third-order valence-electron chi connectivity index (χ3n) is 2.44. The van der Waals surface area contributed by atoms with Crippen molar-refractivity contribution in [3.8, 4) is 0 Å². The highest BCUT2D eigenvalue weighted by molar-refractivity contribution is 7.98. The van der Waals surface area contributed by atoms with Gasteiger partial charge in [0.2, 0.25) is 0 Å². The predicted octanol–water partition coefficient (Wildman–Crippen LogP) is 1.73. The third-order valence-corrected chi connectivity index (χ3v) is 3.08. The molecule has 1 atom stereocenters. The lowest BCUT2D eigenvalue weighted by atomic mass is 10.2. The van der Waals surface area contributed by atoms with Crippen molar-refractivity contribution in [1.82, 2.24) is 15.1 Å². The highest BCUT2D eigenvalue weighted by Gasteiger charge is 2.10. The molecule has 0 bridgehead atoms. The van der Waals surface area contributed by atoms with E-state index in [-0.39, 0.29) is 5.91 Å². The molecule has 0 spiro atoms. The molecule has 1 aromatic rings. The van der Waals surface area contributed by atoms with Crippen LogP contribution in [0.25, 0.3) is 0 Å². The topological polar surface area (TPSA) is 58.1 Å². The first-order valence-electron chi connectivity index (χ1n) is 5.85. The lowest BCUT2D eigenvalue weighted by Gasteiger charge is -2.14. The number of amides is 1. The molecule has 1 rings (SSSR count). The number of anilines is 1. The summed E-state index contributed by atoms with van der Waals surface area (Å²) >= 11 is 1.82. The summed E-state index contributed by atoms with van der Waals surface area (Å²) in [6, 6.07) is 3.83. The molecular formula is C12H20N4OS. The van der Waals surface area contributed by atoms with E-state index >= 15 is 0 Å². The summed E-state index contributed by atoms with van der Waals surface area (Å²) < 4.78 is 0. The standard InChI is InChI=1S/C12H20N4OS/c1-9(7-8-18-4)13-11-6-5-10(14-15-11)12(17)16(2)3/h5-6,9H,7-8H2,1-4H3,(H,13,15). The van der Waals surface area contributed by atoms with Crippen LogP contribution in [0.3, 0.4) is 0 Å². The van der Waals surface area contributed by atoms with Gasteiger partial charge in [0.15, 0.2) is 5.69 Å². The second kappa shape index (κ2) is 7.20. The number of carbonyl (C=O) groups is 1. The molecule has 0 aromatic carbocycles. The smallest absolute Gasteiger partial charge is 0.273 e. The van der Waals surface area contributed by atoms with E-state index < -0.39 is 0 Å². The van der Waals surface area contributed by atoms with Gasteiger partial charge in [0.05, 0.1) is 0 Å². The molecule has 0 aliphatic rings. The molecule has 100 valence electrons. The molecule has 0 radical (unpaired) electrons. The highest BCUT2D eigenvalue weighted by Crippen LogP contribution is 2.08. The maximum Gasteiger partial charge on any atom is 0.273 e. The van der Waals surface area contributed by atoms with Crippen molar-refractivity contribution in [2.24, 2.45) is 0 Å². The van der Waals surface area contributed by atoms with Crippen molar-refractivity contribution in [2.75, 3.05) is 31.4 Å². The largest absolute Gasteiger partial charge is 0.366 e. The fourth-order valence-corrected chi connectivity index (χ4v) is 1.96. The number of nitrogens with zero attached hydrogens (tertiary/aromatic N) is 3. The van der Waals surface area contributed by atoms with Gasteiger partial charge in [-0.05, 0) is 37.5 Å². The zero-order chi connectivity index (χ0) is 13.5. The number of hydrogen-bond acceptors (Lipinski definition) is 5. The number of thioether (sulfide) groups is 1. The summed E-state index contributed by atoms with van der Waals surface area (Å²) in [5.41, 5.74) is 0.363. The summed E-state index contributed by atoms with van der Waals surface area (Å²) in [5.74, 6) is 1.68. The minimum absolute atomic E-state index is 0.135. The molecule has 18 heavy (non-hydrogen) atoms. The quantitative estimate of drug-likeness (QED) is 0.851. The average molecular weight is 268 g/mol. The van der Waals surface area contributed by atoms with Gasteiger partial charge in [0, 0.05) is 20.1 Å². The second-order valence-corrected chi connectivity index (χ2v) is 5.32. The summed E-state index contributed by atoms with van der Waals surface area (Å²) in [5, 5.41) is 11.2. The van der Waals surface area contributed by atoms with Gasteiger partial charge in [0.25, 0.3) is 5.91 Å². The molecule has 6 heteroatoms. The van der Waals surface area contributed by atoms with Gasteiger partial charge < -0.3 is 10.2 Å². The van der Waals surface area contributed by atoms with Crippen LogP contribution in [0.15, 0.2) is 12.1 Å². The van der Waals surface area contributed by atoms with E-state index in [9.17, 15) is 4.79 Å². The number of carbonyl (C=O) groups excluding carboxylic acids is 1. The van der Waals surface area contributed by atoms with Crippen LogP contribution >= 0.6 is 11.8 Å². The van der Waals surface area contributed by atoms with Crippen molar-refractivity contribution < 1.29 is 4.79 Å². The van der Waals surface area contributed by atoms with Crippen molar-refractivity contribution in [2.45, 2.75) is 19.4 Å². The van der Waals surface area contributed by atoms with Crippen LogP contribution in [0.4, 0.5) is 5.82 Å². The molecule has 0 aliphatic heterocycles. The zero-order valence-corrected chi connectivity index (χ0v) is 12.1. The first kappa shape index (κ1) is 14.8. The van der Waals surface area contributed by atoms with Crippen molar-refractivity contribution >= 4 is 23.5 Å². The van der Waals surface area contributed by atoms with Crippen LogP contribution in [0.2, 0.25) is 0 Å². The minimum Gasteiger partial charge on any atom is -0.366 e. The monoisotopic (exact) mass is 268 g/mol. The van der Waals surface area contributed by atoms with E-state index in [1.165, 1.54) is 4.90 Å². The second-order valence-electron chi connectivity index (χ2n) is 4.33. The molecule has 1 unspecified atom stereocenters. The Labute approximate surface area is 112 Å². The van der Waals surface area contributed by atoms with Gasteiger partial charge in [-0.3, -0.25) is 4.79 Å². The Hall–Kier alpha value is -1.30. The molecule has 0 aliphatic carbocycles. The van der Waals surface area contributed by atoms with Crippen molar-refractivity contribution in [1.29, 1.82) is 0 Å². The van der Waals surface area contributed by atoms with E-state index in [0.717, 1.165) is 12.2 Å². The Kier molecular flexibility index (Phi) is 5.91. The van der Waals surface area contributed by atoms with Crippen LogP contribution in [0.1, 0.15) is 23.8 Å². The Bertz CT molecular complexity index is 380. The van der Waals surface area contributed by atoms with E-state index in [1.807, 2.05) is 11.8 Å². The van der Waals surface area contributed by atoms with Gasteiger partial charge >= 0.3 is 0 Å². The lowest BCUT2D eigenvalue weighted by molar-refractivity contribution is 0.0821. The van der Waals surface area contributed by atoms with E-state index in [1.54, 1.807) is 26.2 Å². The molecule has 1 aromatic heterocycles. The molecule has 0 saturated heterocycles. The van der Waals surface area contributed by atoms with Gasteiger partial charge in [-0.25, -0.2) is 0 Å². The van der Waals surface area contributed by atoms with Crippen LogP contribution in [0, 0.1) is 0 Å². The van der Waals surface area contributed by atoms with E-state index in [0.29, 0.717) is 17.6 Å². The first-order chi connectivity index (χ1) is 8.54. The fourth-order valence-electron chi connectivity index (χ4n) is 1.37. The molecule has 1 amide bonds. The predicted molar refractivity (Wildman–Crippen MR) is 76.1 cm³/mol. The first-order valence-corrected chi connectivity index (χ1v) is 7.25. The van der Waals surface area contributed by atoms with Crippen LogP contribution in [-0.2, 0) is 0 Å². The minimum atomic E-state index is -0.135. The summed E-state index contributed by atoms with van der Waals surface area (Å²) in [6.07, 6.45) is 3.16. The van der Waals surface area contributed by atoms with Gasteiger partial charge in [-0.2, -0.15) is 11.8 Å². The van der Waals surface area contributed by atoms with Crippen molar-refractivity contribution in [3.63, 3.8) is 0 Å². The van der Waals surface area contributed by atoms with Crippen molar-refractivity contribution in [3.05, 3.63) is 17.8 Å². The molecule has 0 saturated carbocycles. The fraction of sp³-hybridized carbons (Fsp3) is 0.583. The van der Waals surface area contributed by atoms with E-state index in [4.69, 9.17) is 0 Å². The van der Waals surface area contributed by atoms with Gasteiger partial charge in [0.1, 0.15) is 5.82 Å². The highest BCUT2D eigenvalue weighted by atomic mass is 32.2. The Balaban J connectivity index is 2.57. The SMILES string of the molecule is CSCCC(C)Nc1ccc(C(=O)N(C)C)nn1. The summed E-state index contributed by atoms with van der Waals surface area (Å²) in [6.45, 7) is 2.11. The van der Waals surface area contributed by atoms with E-state index in [2.05, 4.69) is 28.7 Å². The third kappa shape index (κ3) is 4.52. The zero-order valence-electron chi connectivity index (χ0n) is 11.3. The Morgan fingerprint density at radius 3 is 2.67 bits per heavy atom. The van der Waals surface area contributed by atoms with Gasteiger partial charge in [-0.15, -0.1) is 10.2 Å².